The Balaban J connectivity index is 1.83. The average Bonchev–Trinajstić information content (AvgIpc) is 3.27. The van der Waals surface area contributed by atoms with Gasteiger partial charge in [-0.15, -0.1) is 0 Å². The van der Waals surface area contributed by atoms with E-state index in [0.717, 1.165) is 11.0 Å². The minimum Gasteiger partial charge on any atom is -0.450 e. The van der Waals surface area contributed by atoms with Crippen LogP contribution >= 0.6 is 0 Å². The van der Waals surface area contributed by atoms with E-state index < -0.39 is 24.1 Å². The SMILES string of the molecule is CC(=O)OC(c1nc2ccccc2[nH]1)C(OC(C)=O)c1nc2ccccc2[nH]1. The number of nitrogens with zero attached hydrogens (tertiary/aromatic N) is 2. The van der Waals surface area contributed by atoms with Gasteiger partial charge in [0.15, 0.2) is 11.6 Å². The van der Waals surface area contributed by atoms with Crippen molar-refractivity contribution in [1.82, 2.24) is 19.9 Å². The molecule has 2 aromatic heterocycles. The molecule has 0 fully saturated rings. The molecule has 0 saturated carbocycles. The first-order valence-electron chi connectivity index (χ1n) is 8.75. The number of H-pyrrole nitrogens is 2. The molecule has 2 heterocycles. The smallest absolute Gasteiger partial charge is 0.303 e. The third kappa shape index (κ3) is 3.44. The van der Waals surface area contributed by atoms with E-state index >= 15 is 0 Å². The number of esters is 2. The Bertz CT molecular complexity index is 1010. The lowest BCUT2D eigenvalue weighted by atomic mass is 10.1. The van der Waals surface area contributed by atoms with Crippen LogP contribution in [-0.2, 0) is 19.1 Å². The van der Waals surface area contributed by atoms with E-state index in [-0.39, 0.29) is 0 Å². The van der Waals surface area contributed by atoms with Crippen molar-refractivity contribution in [2.75, 3.05) is 0 Å². The molecular formula is C20H18N4O4. The molecule has 0 spiro atoms. The van der Waals surface area contributed by atoms with E-state index in [4.69, 9.17) is 9.47 Å². The maximum atomic E-state index is 11.8. The summed E-state index contributed by atoms with van der Waals surface area (Å²) >= 11 is 0. The zero-order chi connectivity index (χ0) is 19.7. The fourth-order valence-corrected chi connectivity index (χ4v) is 3.09. The Morgan fingerprint density at radius 3 is 1.50 bits per heavy atom. The van der Waals surface area contributed by atoms with E-state index in [1.54, 1.807) is 0 Å². The number of para-hydroxylation sites is 4. The molecular weight excluding hydrogens is 360 g/mol. The molecule has 8 heteroatoms. The number of carbonyl (C=O) groups excluding carboxylic acids is 2. The van der Waals surface area contributed by atoms with Crippen LogP contribution in [0.3, 0.4) is 0 Å². The van der Waals surface area contributed by atoms with Crippen molar-refractivity contribution in [2.24, 2.45) is 0 Å². The van der Waals surface area contributed by atoms with Crippen molar-refractivity contribution < 1.29 is 19.1 Å². The number of aromatic amines is 2. The molecule has 4 rings (SSSR count). The van der Waals surface area contributed by atoms with Gasteiger partial charge in [0.1, 0.15) is 0 Å². The highest BCUT2D eigenvalue weighted by atomic mass is 16.6. The lowest BCUT2D eigenvalue weighted by Gasteiger charge is -2.23. The lowest BCUT2D eigenvalue weighted by molar-refractivity contribution is -0.168. The van der Waals surface area contributed by atoms with Crippen LogP contribution in [0.5, 0.6) is 0 Å². The highest BCUT2D eigenvalue weighted by Gasteiger charge is 2.35. The summed E-state index contributed by atoms with van der Waals surface area (Å²) < 4.78 is 11.0. The van der Waals surface area contributed by atoms with Crippen molar-refractivity contribution >= 4 is 34.0 Å². The normalized spacial score (nSPS) is 13.4. The van der Waals surface area contributed by atoms with Crippen LogP contribution in [0.4, 0.5) is 0 Å². The van der Waals surface area contributed by atoms with Crippen LogP contribution in [0.15, 0.2) is 48.5 Å². The second-order valence-corrected chi connectivity index (χ2v) is 6.34. The zero-order valence-corrected chi connectivity index (χ0v) is 15.3. The van der Waals surface area contributed by atoms with Gasteiger partial charge < -0.3 is 19.4 Å². The third-order valence-electron chi connectivity index (χ3n) is 4.22. The predicted octanol–water partition coefficient (Wildman–Crippen LogP) is 3.35. The molecule has 0 aliphatic carbocycles. The Hall–Kier alpha value is -3.68. The maximum absolute atomic E-state index is 11.8. The number of carbonyl (C=O) groups is 2. The van der Waals surface area contributed by atoms with E-state index in [2.05, 4.69) is 19.9 Å². The van der Waals surface area contributed by atoms with Gasteiger partial charge in [-0.25, -0.2) is 9.97 Å². The predicted molar refractivity (Wildman–Crippen MR) is 101 cm³/mol. The van der Waals surface area contributed by atoms with Crippen LogP contribution in [-0.4, -0.2) is 31.9 Å². The third-order valence-corrected chi connectivity index (χ3v) is 4.22. The first-order chi connectivity index (χ1) is 13.5. The quantitative estimate of drug-likeness (QED) is 0.515. The number of rotatable bonds is 5. The zero-order valence-electron chi connectivity index (χ0n) is 15.3. The van der Waals surface area contributed by atoms with Crippen molar-refractivity contribution in [2.45, 2.75) is 26.1 Å². The number of hydrogen-bond donors (Lipinski definition) is 2. The fraction of sp³-hybridized carbons (Fsp3) is 0.200. The Morgan fingerprint density at radius 2 is 1.14 bits per heavy atom. The maximum Gasteiger partial charge on any atom is 0.303 e. The highest BCUT2D eigenvalue weighted by Crippen LogP contribution is 2.34. The second-order valence-electron chi connectivity index (χ2n) is 6.34. The number of aromatic nitrogens is 4. The van der Waals surface area contributed by atoms with Gasteiger partial charge in [0.2, 0.25) is 12.2 Å². The van der Waals surface area contributed by atoms with Crippen molar-refractivity contribution in [3.05, 3.63) is 60.2 Å². The van der Waals surface area contributed by atoms with Crippen LogP contribution in [0.1, 0.15) is 37.7 Å². The summed E-state index contributed by atoms with van der Waals surface area (Å²) in [7, 11) is 0. The molecule has 28 heavy (non-hydrogen) atoms. The molecule has 0 aliphatic rings. The molecule has 2 atom stereocenters. The average molecular weight is 378 g/mol. The lowest BCUT2D eigenvalue weighted by Crippen LogP contribution is -2.23. The van der Waals surface area contributed by atoms with Gasteiger partial charge in [-0.3, -0.25) is 9.59 Å². The highest BCUT2D eigenvalue weighted by molar-refractivity contribution is 5.76. The summed E-state index contributed by atoms with van der Waals surface area (Å²) in [5.41, 5.74) is 2.98. The van der Waals surface area contributed by atoms with Crippen LogP contribution < -0.4 is 0 Å². The van der Waals surface area contributed by atoms with Crippen molar-refractivity contribution in [3.8, 4) is 0 Å². The molecule has 0 bridgehead atoms. The topological polar surface area (TPSA) is 110 Å². The molecule has 0 aliphatic heterocycles. The number of imidazole rings is 2. The van der Waals surface area contributed by atoms with Gasteiger partial charge in [-0.05, 0) is 24.3 Å². The number of benzene rings is 2. The van der Waals surface area contributed by atoms with E-state index in [9.17, 15) is 9.59 Å². The molecule has 0 amide bonds. The largest absolute Gasteiger partial charge is 0.450 e. The Kier molecular flexibility index (Phi) is 4.52. The number of hydrogen-bond acceptors (Lipinski definition) is 6. The Labute approximate surface area is 159 Å². The minimum atomic E-state index is -0.991. The summed E-state index contributed by atoms with van der Waals surface area (Å²) in [6.45, 7) is 2.58. The monoisotopic (exact) mass is 378 g/mol. The Morgan fingerprint density at radius 1 is 0.750 bits per heavy atom. The number of fused-ring (bicyclic) bond motifs is 2. The van der Waals surface area contributed by atoms with Gasteiger partial charge in [0.25, 0.3) is 0 Å². The molecule has 0 radical (unpaired) electrons. The molecule has 2 N–H and O–H groups in total. The van der Waals surface area contributed by atoms with Gasteiger partial charge in [-0.1, -0.05) is 24.3 Å². The molecule has 142 valence electrons. The number of ether oxygens (including phenoxy) is 2. The second kappa shape index (κ2) is 7.15. The number of nitrogens with one attached hydrogen (secondary N) is 2. The summed E-state index contributed by atoms with van der Waals surface area (Å²) in [5.74, 6) is -0.330. The van der Waals surface area contributed by atoms with Gasteiger partial charge in [0.05, 0.1) is 22.1 Å². The molecule has 2 aromatic carbocycles. The van der Waals surface area contributed by atoms with E-state index in [0.29, 0.717) is 22.7 Å². The molecule has 0 saturated heterocycles. The van der Waals surface area contributed by atoms with E-state index in [1.165, 1.54) is 13.8 Å². The standard InChI is InChI=1S/C20H18N4O4/c1-11(25)27-17(19-21-13-7-3-4-8-14(13)22-19)18(28-12(2)26)20-23-15-9-5-6-10-16(15)24-20/h3-10,17-18H,1-2H3,(H,21,22)(H,23,24). The minimum absolute atomic E-state index is 0.364. The molecule has 2 unspecified atom stereocenters. The molecule has 4 aromatic rings. The van der Waals surface area contributed by atoms with Gasteiger partial charge in [0, 0.05) is 13.8 Å². The van der Waals surface area contributed by atoms with Crippen LogP contribution in [0.25, 0.3) is 22.1 Å². The van der Waals surface area contributed by atoms with Gasteiger partial charge >= 0.3 is 11.9 Å². The molecule has 8 nitrogen and oxygen atoms in total. The van der Waals surface area contributed by atoms with Crippen LogP contribution in [0.2, 0.25) is 0 Å². The summed E-state index contributed by atoms with van der Waals surface area (Å²) in [5, 5.41) is 0. The van der Waals surface area contributed by atoms with Crippen molar-refractivity contribution in [3.63, 3.8) is 0 Å². The van der Waals surface area contributed by atoms with E-state index in [1.807, 2.05) is 48.5 Å². The summed E-state index contributed by atoms with van der Waals surface area (Å²) in [6, 6.07) is 14.8. The summed E-state index contributed by atoms with van der Waals surface area (Å²) in [4.78, 5) is 38.9. The first-order valence-corrected chi connectivity index (χ1v) is 8.75. The summed E-state index contributed by atoms with van der Waals surface area (Å²) in [6.07, 6.45) is -1.98. The first kappa shape index (κ1) is 17.7. The van der Waals surface area contributed by atoms with Gasteiger partial charge in [-0.2, -0.15) is 0 Å². The van der Waals surface area contributed by atoms with Crippen LogP contribution in [0, 0.1) is 0 Å². The van der Waals surface area contributed by atoms with Crippen molar-refractivity contribution in [1.29, 1.82) is 0 Å². The fourth-order valence-electron chi connectivity index (χ4n) is 3.09.